The molecule has 1 fully saturated rings. The normalized spacial score (nSPS) is 14.2. The summed E-state index contributed by atoms with van der Waals surface area (Å²) in [5, 5.41) is 18.5. The van der Waals surface area contributed by atoms with Gasteiger partial charge >= 0.3 is 5.97 Å². The van der Waals surface area contributed by atoms with Crippen molar-refractivity contribution in [3.63, 3.8) is 0 Å². The second-order valence-electron chi connectivity index (χ2n) is 8.77. The second kappa shape index (κ2) is 10.8. The zero-order chi connectivity index (χ0) is 23.9. The number of carboxylic acid groups (broad SMARTS) is 1. The number of phenols is 1. The molecule has 0 atom stereocenters. The number of hydrogen-bond acceptors (Lipinski definition) is 3. The molecule has 4 rings (SSSR count). The summed E-state index contributed by atoms with van der Waals surface area (Å²) in [5.41, 5.74) is 4.57. The number of nitrogens with zero attached hydrogens (tertiary/aromatic N) is 1. The minimum absolute atomic E-state index is 0.0169. The number of amides is 1. The first-order valence-corrected chi connectivity index (χ1v) is 11.7. The molecular formula is C29H29NO4. The molecule has 34 heavy (non-hydrogen) atoms. The van der Waals surface area contributed by atoms with Crippen LogP contribution >= 0.6 is 0 Å². The number of carboxylic acids is 1. The summed E-state index contributed by atoms with van der Waals surface area (Å²) in [6, 6.07) is 22.6. The first kappa shape index (κ1) is 23.3. The molecule has 3 aromatic carbocycles. The highest BCUT2D eigenvalue weighted by molar-refractivity contribution is 5.95. The van der Waals surface area contributed by atoms with E-state index < -0.39 is 5.97 Å². The van der Waals surface area contributed by atoms with Gasteiger partial charge in [0.2, 0.25) is 5.91 Å². The van der Waals surface area contributed by atoms with Crippen LogP contribution in [-0.4, -0.2) is 22.1 Å². The standard InChI is InChI=1S/C29H29NO4/c31-27-16-14-24(15-17-27)23-12-9-22(10-13-23)20-30(29(34)25-6-2-1-3-7-25)26-8-4-5-21(19-26)11-18-28(32)33/h4-5,8-19,25,31H,1-3,6-7,20H2,(H,32,33). The van der Waals surface area contributed by atoms with Gasteiger partial charge in [0.25, 0.3) is 0 Å². The maximum absolute atomic E-state index is 13.6. The van der Waals surface area contributed by atoms with Crippen LogP contribution in [0.5, 0.6) is 5.75 Å². The van der Waals surface area contributed by atoms with E-state index in [1.165, 1.54) is 6.42 Å². The Bertz CT molecular complexity index is 1160. The molecule has 2 N–H and O–H groups in total. The summed E-state index contributed by atoms with van der Waals surface area (Å²) in [4.78, 5) is 26.4. The Hall–Kier alpha value is -3.86. The lowest BCUT2D eigenvalue weighted by atomic mass is 9.88. The zero-order valence-electron chi connectivity index (χ0n) is 19.1. The zero-order valence-corrected chi connectivity index (χ0v) is 19.1. The van der Waals surface area contributed by atoms with Crippen LogP contribution < -0.4 is 4.90 Å². The second-order valence-corrected chi connectivity index (χ2v) is 8.77. The molecular weight excluding hydrogens is 426 g/mol. The molecule has 1 amide bonds. The Labute approximate surface area is 200 Å². The van der Waals surface area contributed by atoms with Gasteiger partial charge in [0.1, 0.15) is 5.75 Å². The summed E-state index contributed by atoms with van der Waals surface area (Å²) in [6.07, 6.45) is 7.80. The molecule has 0 heterocycles. The third kappa shape index (κ3) is 5.93. The van der Waals surface area contributed by atoms with E-state index in [2.05, 4.69) is 0 Å². The highest BCUT2D eigenvalue weighted by Crippen LogP contribution is 2.30. The number of aromatic hydroxyl groups is 1. The first-order chi connectivity index (χ1) is 16.5. The monoisotopic (exact) mass is 455 g/mol. The van der Waals surface area contributed by atoms with Crippen LogP contribution in [0.2, 0.25) is 0 Å². The van der Waals surface area contributed by atoms with Crippen molar-refractivity contribution in [1.29, 1.82) is 0 Å². The number of aliphatic carboxylic acids is 1. The first-order valence-electron chi connectivity index (χ1n) is 11.7. The quantitative estimate of drug-likeness (QED) is 0.412. The maximum Gasteiger partial charge on any atom is 0.328 e. The van der Waals surface area contributed by atoms with Gasteiger partial charge in [-0.15, -0.1) is 0 Å². The Morgan fingerprint density at radius 1 is 0.882 bits per heavy atom. The van der Waals surface area contributed by atoms with Crippen LogP contribution in [-0.2, 0) is 16.1 Å². The van der Waals surface area contributed by atoms with Crippen molar-refractivity contribution in [2.45, 2.75) is 38.6 Å². The molecule has 1 aliphatic carbocycles. The highest BCUT2D eigenvalue weighted by Gasteiger charge is 2.27. The number of phenolic OH excluding ortho intramolecular Hbond substituents is 1. The molecule has 5 nitrogen and oxygen atoms in total. The van der Waals surface area contributed by atoms with Gasteiger partial charge in [0.15, 0.2) is 0 Å². The SMILES string of the molecule is O=C(O)C=Cc1cccc(N(Cc2ccc(-c3ccc(O)cc3)cc2)C(=O)C2CCCCC2)c1. The molecule has 3 aromatic rings. The summed E-state index contributed by atoms with van der Waals surface area (Å²) in [5.74, 6) is -0.628. The molecule has 5 heteroatoms. The van der Waals surface area contributed by atoms with Gasteiger partial charge < -0.3 is 15.1 Å². The molecule has 0 radical (unpaired) electrons. The van der Waals surface area contributed by atoms with Crippen molar-refractivity contribution in [2.75, 3.05) is 4.90 Å². The van der Waals surface area contributed by atoms with Crippen molar-refractivity contribution >= 4 is 23.6 Å². The fourth-order valence-electron chi connectivity index (χ4n) is 4.47. The van der Waals surface area contributed by atoms with Gasteiger partial charge in [-0.2, -0.15) is 0 Å². The van der Waals surface area contributed by atoms with E-state index in [4.69, 9.17) is 5.11 Å². The van der Waals surface area contributed by atoms with E-state index in [1.807, 2.05) is 65.6 Å². The molecule has 0 aromatic heterocycles. The maximum atomic E-state index is 13.6. The van der Waals surface area contributed by atoms with Crippen molar-refractivity contribution in [3.05, 3.63) is 90.0 Å². The van der Waals surface area contributed by atoms with Crippen LogP contribution in [0.4, 0.5) is 5.69 Å². The van der Waals surface area contributed by atoms with E-state index in [1.54, 1.807) is 18.2 Å². The van der Waals surface area contributed by atoms with Crippen LogP contribution in [0, 0.1) is 5.92 Å². The van der Waals surface area contributed by atoms with E-state index in [0.717, 1.165) is 59.7 Å². The van der Waals surface area contributed by atoms with Gasteiger partial charge in [-0.25, -0.2) is 4.79 Å². The Morgan fingerprint density at radius 2 is 1.53 bits per heavy atom. The minimum Gasteiger partial charge on any atom is -0.508 e. The third-order valence-electron chi connectivity index (χ3n) is 6.32. The molecule has 0 spiro atoms. The van der Waals surface area contributed by atoms with Gasteiger partial charge in [0.05, 0.1) is 6.54 Å². The lowest BCUT2D eigenvalue weighted by Gasteiger charge is -2.30. The van der Waals surface area contributed by atoms with Gasteiger partial charge in [-0.05, 0) is 65.4 Å². The fourth-order valence-corrected chi connectivity index (χ4v) is 4.47. The topological polar surface area (TPSA) is 77.8 Å². The fraction of sp³-hybridized carbons (Fsp3) is 0.241. The number of carbonyl (C=O) groups is 2. The van der Waals surface area contributed by atoms with Gasteiger partial charge in [-0.1, -0.05) is 67.8 Å². The summed E-state index contributed by atoms with van der Waals surface area (Å²) in [7, 11) is 0. The van der Waals surface area contributed by atoms with Crippen LogP contribution in [0.3, 0.4) is 0 Å². The van der Waals surface area contributed by atoms with E-state index in [0.29, 0.717) is 6.54 Å². The number of rotatable bonds is 7. The predicted molar refractivity (Wildman–Crippen MR) is 134 cm³/mol. The number of hydrogen-bond donors (Lipinski definition) is 2. The molecule has 1 aliphatic rings. The smallest absolute Gasteiger partial charge is 0.328 e. The van der Waals surface area contributed by atoms with E-state index in [9.17, 15) is 14.7 Å². The van der Waals surface area contributed by atoms with Crippen LogP contribution in [0.15, 0.2) is 78.9 Å². The third-order valence-corrected chi connectivity index (χ3v) is 6.32. The number of benzene rings is 3. The molecule has 0 unspecified atom stereocenters. The molecule has 0 saturated heterocycles. The minimum atomic E-state index is -1.01. The highest BCUT2D eigenvalue weighted by atomic mass is 16.4. The molecule has 0 bridgehead atoms. The average Bonchev–Trinajstić information content (AvgIpc) is 2.87. The lowest BCUT2D eigenvalue weighted by molar-refractivity contribution is -0.131. The Morgan fingerprint density at radius 3 is 2.18 bits per heavy atom. The van der Waals surface area contributed by atoms with Crippen LogP contribution in [0.1, 0.15) is 43.2 Å². The van der Waals surface area contributed by atoms with Crippen molar-refractivity contribution in [3.8, 4) is 16.9 Å². The summed E-state index contributed by atoms with van der Waals surface area (Å²) in [6.45, 7) is 0.442. The predicted octanol–water partition coefficient (Wildman–Crippen LogP) is 6.27. The van der Waals surface area contributed by atoms with Crippen LogP contribution in [0.25, 0.3) is 17.2 Å². The molecule has 0 aliphatic heterocycles. The lowest BCUT2D eigenvalue weighted by Crippen LogP contribution is -2.36. The van der Waals surface area contributed by atoms with Crippen molar-refractivity contribution in [1.82, 2.24) is 0 Å². The van der Waals surface area contributed by atoms with Gasteiger partial charge in [0, 0.05) is 17.7 Å². The Kier molecular flexibility index (Phi) is 7.43. The average molecular weight is 456 g/mol. The molecule has 174 valence electrons. The van der Waals surface area contributed by atoms with Crippen molar-refractivity contribution in [2.24, 2.45) is 5.92 Å². The number of anilines is 1. The van der Waals surface area contributed by atoms with Crippen molar-refractivity contribution < 1.29 is 19.8 Å². The summed E-state index contributed by atoms with van der Waals surface area (Å²) < 4.78 is 0. The number of carbonyl (C=O) groups excluding carboxylic acids is 1. The molecule has 1 saturated carbocycles. The van der Waals surface area contributed by atoms with Gasteiger partial charge in [-0.3, -0.25) is 4.79 Å². The van der Waals surface area contributed by atoms with E-state index in [-0.39, 0.29) is 17.6 Å². The largest absolute Gasteiger partial charge is 0.508 e. The summed E-state index contributed by atoms with van der Waals surface area (Å²) >= 11 is 0. The van der Waals surface area contributed by atoms with E-state index >= 15 is 0 Å². The Balaban J connectivity index is 1.60.